The highest BCUT2D eigenvalue weighted by Gasteiger charge is 2.08. The van der Waals surface area contributed by atoms with Crippen LogP contribution < -0.4 is 0 Å². The molecular weight excluding hydrogens is 302 g/mol. The molecule has 0 saturated carbocycles. The van der Waals surface area contributed by atoms with Gasteiger partial charge in [-0.05, 0) is 61.4 Å². The summed E-state index contributed by atoms with van der Waals surface area (Å²) in [6, 6.07) is 21.4. The van der Waals surface area contributed by atoms with Crippen molar-refractivity contribution in [3.8, 4) is 0 Å². The minimum absolute atomic E-state index is 1.09. The molecule has 1 aliphatic carbocycles. The lowest BCUT2D eigenvalue weighted by molar-refractivity contribution is 0.370. The number of hydrogen-bond donors (Lipinski definition) is 0. The molecule has 0 N–H and O–H groups in total. The normalized spacial score (nSPS) is 17.8. The number of allylic oxidation sites excluding steroid dienone is 2. The van der Waals surface area contributed by atoms with Crippen molar-refractivity contribution in [1.29, 1.82) is 0 Å². The van der Waals surface area contributed by atoms with Crippen LogP contribution >= 0.6 is 0 Å². The van der Waals surface area contributed by atoms with E-state index in [1.54, 1.807) is 5.57 Å². The topological polar surface area (TPSA) is 3.24 Å². The lowest BCUT2D eigenvalue weighted by atomic mass is 9.94. The Morgan fingerprint density at radius 2 is 1.28 bits per heavy atom. The molecule has 2 aromatic rings. The van der Waals surface area contributed by atoms with Crippen LogP contribution in [0.3, 0.4) is 0 Å². The van der Waals surface area contributed by atoms with Gasteiger partial charge in [0.2, 0.25) is 0 Å². The molecule has 1 heterocycles. The Morgan fingerprint density at radius 3 is 1.76 bits per heavy atom. The van der Waals surface area contributed by atoms with E-state index in [-0.39, 0.29) is 0 Å². The molecule has 0 radical (unpaired) electrons. The van der Waals surface area contributed by atoms with Crippen molar-refractivity contribution in [2.45, 2.75) is 32.1 Å². The van der Waals surface area contributed by atoms with Crippen molar-refractivity contribution in [2.75, 3.05) is 20.1 Å². The second-order valence-electron chi connectivity index (χ2n) is 6.95. The number of hydrogen-bond acceptors (Lipinski definition) is 1. The second kappa shape index (κ2) is 9.39. The summed E-state index contributed by atoms with van der Waals surface area (Å²) in [7, 11) is 2.16. The first-order valence-electron chi connectivity index (χ1n) is 9.50. The molecule has 0 unspecified atom stereocenters. The Balaban J connectivity index is 0.000000146. The van der Waals surface area contributed by atoms with Gasteiger partial charge in [-0.25, -0.2) is 0 Å². The Morgan fingerprint density at radius 1 is 0.680 bits per heavy atom. The zero-order valence-electron chi connectivity index (χ0n) is 15.3. The quantitative estimate of drug-likeness (QED) is 0.647. The summed E-state index contributed by atoms with van der Waals surface area (Å²) >= 11 is 0. The van der Waals surface area contributed by atoms with E-state index in [9.17, 15) is 0 Å². The summed E-state index contributed by atoms with van der Waals surface area (Å²) < 4.78 is 0. The average molecular weight is 332 g/mol. The predicted molar refractivity (Wildman–Crippen MR) is 109 cm³/mol. The first kappa shape index (κ1) is 17.7. The van der Waals surface area contributed by atoms with Gasteiger partial charge in [0, 0.05) is 13.1 Å². The molecule has 4 rings (SSSR count). The molecule has 0 spiro atoms. The van der Waals surface area contributed by atoms with Gasteiger partial charge in [-0.3, -0.25) is 0 Å². The lowest BCUT2D eigenvalue weighted by Crippen LogP contribution is -2.23. The van der Waals surface area contributed by atoms with Crippen molar-refractivity contribution < 1.29 is 0 Å². The van der Waals surface area contributed by atoms with Gasteiger partial charge >= 0.3 is 0 Å². The third-order valence-corrected chi connectivity index (χ3v) is 4.99. The maximum absolute atomic E-state index is 2.39. The highest BCUT2D eigenvalue weighted by Crippen LogP contribution is 2.26. The summed E-state index contributed by atoms with van der Waals surface area (Å²) in [6.07, 6.45) is 11.2. The van der Waals surface area contributed by atoms with Gasteiger partial charge in [0.05, 0.1) is 0 Å². The van der Waals surface area contributed by atoms with Crippen molar-refractivity contribution in [2.24, 2.45) is 0 Å². The molecule has 2 aliphatic rings. The largest absolute Gasteiger partial charge is 0.302 e. The zero-order chi connectivity index (χ0) is 17.3. The minimum atomic E-state index is 1.09. The molecule has 0 atom stereocenters. The third kappa shape index (κ3) is 5.44. The molecule has 0 bridgehead atoms. The van der Waals surface area contributed by atoms with Crippen LogP contribution in [0.2, 0.25) is 0 Å². The summed E-state index contributed by atoms with van der Waals surface area (Å²) in [5.74, 6) is 0. The van der Waals surface area contributed by atoms with Gasteiger partial charge in [-0.1, -0.05) is 72.8 Å². The van der Waals surface area contributed by atoms with Gasteiger partial charge in [-0.15, -0.1) is 0 Å². The molecule has 1 nitrogen and oxygen atoms in total. The van der Waals surface area contributed by atoms with E-state index >= 15 is 0 Å². The van der Waals surface area contributed by atoms with Gasteiger partial charge < -0.3 is 4.90 Å². The van der Waals surface area contributed by atoms with Crippen LogP contribution in [0, 0.1) is 0 Å². The summed E-state index contributed by atoms with van der Waals surface area (Å²) in [5.41, 5.74) is 5.84. The van der Waals surface area contributed by atoms with Crippen LogP contribution in [0.4, 0.5) is 0 Å². The van der Waals surface area contributed by atoms with Crippen LogP contribution in [0.1, 0.15) is 43.2 Å². The van der Waals surface area contributed by atoms with Crippen LogP contribution in [0.5, 0.6) is 0 Å². The van der Waals surface area contributed by atoms with Crippen LogP contribution in [0.15, 0.2) is 72.8 Å². The molecule has 0 aromatic heterocycles. The Bertz CT molecular complexity index is 697. The summed E-state index contributed by atoms with van der Waals surface area (Å²) in [5, 5.41) is 0. The second-order valence-corrected chi connectivity index (χ2v) is 6.95. The SMILES string of the molecule is C1=C(c2ccccc2)CCCC1.CN1CC=C(c2ccccc2)CC1. The van der Waals surface area contributed by atoms with E-state index in [4.69, 9.17) is 0 Å². The van der Waals surface area contributed by atoms with E-state index in [0.717, 1.165) is 6.54 Å². The smallest absolute Gasteiger partial charge is 0.0166 e. The standard InChI is InChI=1S/C12H15N.C12H14/c1-13-9-7-12(8-10-13)11-5-3-2-4-6-11;1-3-7-11(8-4-1)12-9-5-2-6-10-12/h2-7H,8-10H2,1H3;1,3-4,7-9H,2,5-6,10H2. The predicted octanol–water partition coefficient (Wildman–Crippen LogP) is 6.05. The number of nitrogens with zero attached hydrogens (tertiary/aromatic N) is 1. The van der Waals surface area contributed by atoms with Crippen LogP contribution in [-0.4, -0.2) is 25.0 Å². The maximum Gasteiger partial charge on any atom is 0.0166 e. The third-order valence-electron chi connectivity index (χ3n) is 4.99. The molecular formula is C24H29N. The first-order valence-corrected chi connectivity index (χ1v) is 9.50. The van der Waals surface area contributed by atoms with E-state index in [1.807, 2.05) is 0 Å². The Kier molecular flexibility index (Phi) is 6.64. The number of likely N-dealkylation sites (N-methyl/N-ethyl adjacent to an activating group) is 1. The van der Waals surface area contributed by atoms with Gasteiger partial charge in [-0.2, -0.15) is 0 Å². The number of benzene rings is 2. The van der Waals surface area contributed by atoms with E-state index < -0.39 is 0 Å². The first-order chi connectivity index (χ1) is 12.3. The summed E-state index contributed by atoms with van der Waals surface area (Å²) in [4.78, 5) is 2.34. The Hall–Kier alpha value is -2.12. The highest BCUT2D eigenvalue weighted by molar-refractivity contribution is 5.66. The molecule has 0 amide bonds. The maximum atomic E-state index is 2.39. The minimum Gasteiger partial charge on any atom is -0.302 e. The summed E-state index contributed by atoms with van der Waals surface area (Å²) in [6.45, 7) is 2.27. The fraction of sp³-hybridized carbons (Fsp3) is 0.333. The van der Waals surface area contributed by atoms with E-state index in [2.05, 4.69) is 84.8 Å². The van der Waals surface area contributed by atoms with E-state index in [1.165, 1.54) is 55.3 Å². The fourth-order valence-corrected chi connectivity index (χ4v) is 3.44. The van der Waals surface area contributed by atoms with Crippen molar-refractivity contribution >= 4 is 11.1 Å². The average Bonchev–Trinajstić information content (AvgIpc) is 2.71. The molecule has 0 saturated heterocycles. The highest BCUT2D eigenvalue weighted by atomic mass is 15.1. The molecule has 1 heteroatoms. The van der Waals surface area contributed by atoms with Crippen molar-refractivity contribution in [1.82, 2.24) is 4.90 Å². The Labute approximate surface area is 152 Å². The van der Waals surface area contributed by atoms with E-state index in [0.29, 0.717) is 0 Å². The van der Waals surface area contributed by atoms with Gasteiger partial charge in [0.1, 0.15) is 0 Å². The molecule has 130 valence electrons. The van der Waals surface area contributed by atoms with Crippen LogP contribution in [-0.2, 0) is 0 Å². The van der Waals surface area contributed by atoms with Gasteiger partial charge in [0.15, 0.2) is 0 Å². The van der Waals surface area contributed by atoms with Gasteiger partial charge in [0.25, 0.3) is 0 Å². The molecule has 25 heavy (non-hydrogen) atoms. The zero-order valence-corrected chi connectivity index (χ0v) is 15.3. The monoisotopic (exact) mass is 331 g/mol. The van der Waals surface area contributed by atoms with Crippen molar-refractivity contribution in [3.63, 3.8) is 0 Å². The lowest BCUT2D eigenvalue weighted by Gasteiger charge is -2.21. The van der Waals surface area contributed by atoms with Crippen LogP contribution in [0.25, 0.3) is 11.1 Å². The molecule has 1 aliphatic heterocycles. The number of rotatable bonds is 2. The molecule has 2 aromatic carbocycles. The van der Waals surface area contributed by atoms with Crippen molar-refractivity contribution in [3.05, 3.63) is 83.9 Å². The molecule has 0 fully saturated rings. The fourth-order valence-electron chi connectivity index (χ4n) is 3.44.